The third-order valence-electron chi connectivity index (χ3n) is 6.28. The average molecular weight is 400 g/mol. The molecule has 0 spiro atoms. The van der Waals surface area contributed by atoms with Gasteiger partial charge in [0.1, 0.15) is 18.4 Å². The van der Waals surface area contributed by atoms with Gasteiger partial charge in [0.2, 0.25) is 0 Å². The lowest BCUT2D eigenvalue weighted by atomic mass is 9.84. The monoisotopic (exact) mass is 399 g/mol. The van der Waals surface area contributed by atoms with E-state index >= 15 is 0 Å². The van der Waals surface area contributed by atoms with E-state index in [-0.39, 0.29) is 29.8 Å². The second kappa shape index (κ2) is 7.64. The highest BCUT2D eigenvalue weighted by atomic mass is 35.5. The molecule has 0 radical (unpaired) electrons. The Morgan fingerprint density at radius 3 is 2.36 bits per heavy atom. The van der Waals surface area contributed by atoms with Gasteiger partial charge in [-0.2, -0.15) is 5.10 Å². The van der Waals surface area contributed by atoms with Crippen LogP contribution in [0.4, 0.5) is 4.39 Å². The van der Waals surface area contributed by atoms with Crippen molar-refractivity contribution in [3.63, 3.8) is 0 Å². The number of aromatic nitrogens is 2. The topological polar surface area (TPSA) is 39.3 Å². The van der Waals surface area contributed by atoms with Crippen LogP contribution in [0, 0.1) is 11.7 Å². The smallest absolute Gasteiger partial charge is 0.275 e. The van der Waals surface area contributed by atoms with Crippen molar-refractivity contribution in [1.29, 1.82) is 0 Å². The fourth-order valence-electron chi connectivity index (χ4n) is 4.81. The van der Waals surface area contributed by atoms with Gasteiger partial charge in [0.25, 0.3) is 5.56 Å². The molecule has 4 heterocycles. The number of nitrogens with one attached hydrogen (secondary N) is 1. The van der Waals surface area contributed by atoms with Crippen LogP contribution < -0.4 is 22.9 Å². The summed E-state index contributed by atoms with van der Waals surface area (Å²) in [7, 11) is 0. The molecule has 0 amide bonds. The zero-order valence-electron chi connectivity index (χ0n) is 15.6. The van der Waals surface area contributed by atoms with Gasteiger partial charge in [0.15, 0.2) is 0 Å². The summed E-state index contributed by atoms with van der Waals surface area (Å²) in [6.07, 6.45) is 2.94. The number of halogens is 2. The zero-order chi connectivity index (χ0) is 18.4. The molecule has 2 aromatic carbocycles. The summed E-state index contributed by atoms with van der Waals surface area (Å²) in [6, 6.07) is 14.4. The van der Waals surface area contributed by atoms with E-state index in [1.807, 2.05) is 24.3 Å². The SMILES string of the molecule is O=c1c2ccccc2c(Cc2ccc(F)cc2)nn1C1C[NH+]2CCC1CC2.[Cl-]. The Balaban J connectivity index is 0.00000192. The molecule has 0 saturated carbocycles. The minimum atomic E-state index is -0.239. The molecule has 4 nitrogen and oxygen atoms in total. The second-order valence-corrected chi connectivity index (χ2v) is 7.90. The van der Waals surface area contributed by atoms with Gasteiger partial charge in [0, 0.05) is 24.6 Å². The molecule has 3 aliphatic heterocycles. The van der Waals surface area contributed by atoms with E-state index in [0.717, 1.165) is 28.6 Å². The van der Waals surface area contributed by atoms with Crippen LogP contribution in [-0.4, -0.2) is 29.4 Å². The van der Waals surface area contributed by atoms with E-state index < -0.39 is 0 Å². The number of fused-ring (bicyclic) bond motifs is 4. The standard InChI is InChI=1S/C22H22FN3O.ClH/c23-17-7-5-15(6-8-17)13-20-18-3-1-2-4-19(18)22(27)26(24-20)21-14-25-11-9-16(21)10-12-25;/h1-8,16,21H,9-14H2;1H. The summed E-state index contributed by atoms with van der Waals surface area (Å²) in [5.41, 5.74) is 1.91. The van der Waals surface area contributed by atoms with E-state index in [4.69, 9.17) is 5.10 Å². The third-order valence-corrected chi connectivity index (χ3v) is 6.28. The van der Waals surface area contributed by atoms with Crippen LogP contribution in [0.25, 0.3) is 10.8 Å². The Kier molecular flexibility index (Phi) is 5.21. The van der Waals surface area contributed by atoms with Crippen molar-refractivity contribution in [2.75, 3.05) is 19.6 Å². The lowest BCUT2D eigenvalue weighted by Crippen LogP contribution is -3.15. The predicted octanol–water partition coefficient (Wildman–Crippen LogP) is -1.02. The van der Waals surface area contributed by atoms with Crippen molar-refractivity contribution in [1.82, 2.24) is 9.78 Å². The van der Waals surface area contributed by atoms with Gasteiger partial charge in [-0.25, -0.2) is 9.07 Å². The zero-order valence-corrected chi connectivity index (χ0v) is 16.3. The van der Waals surface area contributed by atoms with Crippen LogP contribution in [0.15, 0.2) is 53.3 Å². The molecule has 6 heteroatoms. The highest BCUT2D eigenvalue weighted by Crippen LogP contribution is 2.28. The molecule has 1 atom stereocenters. The molecule has 3 aromatic rings. The van der Waals surface area contributed by atoms with Crippen molar-refractivity contribution in [2.24, 2.45) is 5.92 Å². The lowest BCUT2D eigenvalue weighted by Gasteiger charge is -2.41. The van der Waals surface area contributed by atoms with Crippen LogP contribution in [0.1, 0.15) is 30.1 Å². The number of rotatable bonds is 3. The highest BCUT2D eigenvalue weighted by molar-refractivity contribution is 5.83. The first-order valence-corrected chi connectivity index (χ1v) is 9.77. The molecule has 1 aromatic heterocycles. The third kappa shape index (κ3) is 3.33. The molecular formula is C22H23ClFN3O. The Bertz CT molecular complexity index is 1040. The fraction of sp³-hybridized carbons (Fsp3) is 0.364. The average Bonchev–Trinajstić information content (AvgIpc) is 2.72. The molecular weight excluding hydrogens is 377 g/mol. The number of nitrogens with zero attached hydrogens (tertiary/aromatic N) is 2. The maximum Gasteiger partial charge on any atom is 0.275 e. The first-order chi connectivity index (χ1) is 13.2. The van der Waals surface area contributed by atoms with Gasteiger partial charge in [-0.3, -0.25) is 4.79 Å². The number of quaternary nitrogens is 1. The van der Waals surface area contributed by atoms with Crippen LogP contribution in [0.2, 0.25) is 0 Å². The molecule has 0 aliphatic carbocycles. The minimum Gasteiger partial charge on any atom is -1.00 e. The Labute approximate surface area is 169 Å². The predicted molar refractivity (Wildman–Crippen MR) is 103 cm³/mol. The van der Waals surface area contributed by atoms with Crippen LogP contribution in [-0.2, 0) is 6.42 Å². The molecule has 2 bridgehead atoms. The van der Waals surface area contributed by atoms with Crippen LogP contribution in [0.5, 0.6) is 0 Å². The Morgan fingerprint density at radius 2 is 1.71 bits per heavy atom. The van der Waals surface area contributed by atoms with E-state index in [0.29, 0.717) is 12.3 Å². The molecule has 3 saturated heterocycles. The summed E-state index contributed by atoms with van der Waals surface area (Å²) in [5, 5.41) is 6.49. The van der Waals surface area contributed by atoms with Crippen LogP contribution >= 0.6 is 0 Å². The summed E-state index contributed by atoms with van der Waals surface area (Å²) in [5.74, 6) is 0.310. The first-order valence-electron chi connectivity index (χ1n) is 9.77. The van der Waals surface area contributed by atoms with Crippen molar-refractivity contribution >= 4 is 10.8 Å². The van der Waals surface area contributed by atoms with Crippen molar-refractivity contribution < 1.29 is 21.7 Å². The molecule has 3 aliphatic rings. The van der Waals surface area contributed by atoms with Crippen LogP contribution in [0.3, 0.4) is 0 Å². The van der Waals surface area contributed by atoms with Crippen molar-refractivity contribution in [3.8, 4) is 0 Å². The fourth-order valence-corrected chi connectivity index (χ4v) is 4.81. The Hall–Kier alpha value is -2.24. The quantitative estimate of drug-likeness (QED) is 0.612. The van der Waals surface area contributed by atoms with Crippen molar-refractivity contribution in [2.45, 2.75) is 25.3 Å². The van der Waals surface area contributed by atoms with E-state index in [1.54, 1.807) is 21.7 Å². The maximum absolute atomic E-state index is 13.3. The van der Waals surface area contributed by atoms with Gasteiger partial charge < -0.3 is 17.3 Å². The maximum atomic E-state index is 13.3. The van der Waals surface area contributed by atoms with Crippen molar-refractivity contribution in [3.05, 3.63) is 76.0 Å². The number of piperidine rings is 3. The summed E-state index contributed by atoms with van der Waals surface area (Å²) in [6.45, 7) is 3.42. The highest BCUT2D eigenvalue weighted by Gasteiger charge is 2.39. The molecule has 28 heavy (non-hydrogen) atoms. The molecule has 6 rings (SSSR count). The second-order valence-electron chi connectivity index (χ2n) is 7.90. The number of hydrogen-bond donors (Lipinski definition) is 1. The van der Waals surface area contributed by atoms with Gasteiger partial charge in [-0.1, -0.05) is 30.3 Å². The lowest BCUT2D eigenvalue weighted by molar-refractivity contribution is -0.919. The summed E-state index contributed by atoms with van der Waals surface area (Å²) >= 11 is 0. The number of benzene rings is 2. The van der Waals surface area contributed by atoms with Gasteiger partial charge in [-0.05, 0) is 29.7 Å². The first kappa shape index (κ1) is 19.1. The molecule has 1 unspecified atom stereocenters. The Morgan fingerprint density at radius 1 is 1.04 bits per heavy atom. The van der Waals surface area contributed by atoms with E-state index in [2.05, 4.69) is 0 Å². The number of hydrogen-bond acceptors (Lipinski definition) is 2. The summed E-state index contributed by atoms with van der Waals surface area (Å²) < 4.78 is 15.0. The van der Waals surface area contributed by atoms with E-state index in [9.17, 15) is 9.18 Å². The van der Waals surface area contributed by atoms with E-state index in [1.165, 1.54) is 38.1 Å². The normalized spacial score (nSPS) is 23.5. The van der Waals surface area contributed by atoms with Gasteiger partial charge >= 0.3 is 0 Å². The van der Waals surface area contributed by atoms with Gasteiger partial charge in [-0.15, -0.1) is 0 Å². The molecule has 1 N–H and O–H groups in total. The largest absolute Gasteiger partial charge is 1.00 e. The molecule has 146 valence electrons. The molecule has 3 fully saturated rings. The minimum absolute atomic E-state index is 0. The summed E-state index contributed by atoms with van der Waals surface area (Å²) in [4.78, 5) is 14.8. The van der Waals surface area contributed by atoms with Gasteiger partial charge in [0.05, 0.1) is 24.2 Å².